The lowest BCUT2D eigenvalue weighted by Gasteiger charge is -2.22. The Bertz CT molecular complexity index is 341. The summed E-state index contributed by atoms with van der Waals surface area (Å²) in [5.41, 5.74) is 2.61. The number of nitrogens with zero attached hydrogens (tertiary/aromatic N) is 3. The van der Waals surface area contributed by atoms with Gasteiger partial charge in [-0.25, -0.2) is 15.8 Å². The van der Waals surface area contributed by atoms with Gasteiger partial charge >= 0.3 is 0 Å². The Balaban J connectivity index is 2.22. The summed E-state index contributed by atoms with van der Waals surface area (Å²) in [5.74, 6) is 7.10. The van der Waals surface area contributed by atoms with Crippen LogP contribution in [0.25, 0.3) is 0 Å². The van der Waals surface area contributed by atoms with Gasteiger partial charge in [-0.2, -0.15) is 0 Å². The van der Waals surface area contributed by atoms with Crippen molar-refractivity contribution in [2.24, 2.45) is 5.84 Å². The Morgan fingerprint density at radius 1 is 1.24 bits per heavy atom. The second kappa shape index (κ2) is 6.07. The van der Waals surface area contributed by atoms with Crippen molar-refractivity contribution in [2.45, 2.75) is 30.8 Å². The molecule has 0 aliphatic carbocycles. The van der Waals surface area contributed by atoms with Gasteiger partial charge in [0.2, 0.25) is 0 Å². The molecule has 1 aliphatic rings. The van der Waals surface area contributed by atoms with E-state index >= 15 is 0 Å². The van der Waals surface area contributed by atoms with Crippen LogP contribution in [0.1, 0.15) is 25.7 Å². The van der Waals surface area contributed by atoms with E-state index in [-0.39, 0.29) is 0 Å². The maximum atomic E-state index is 5.43. The van der Waals surface area contributed by atoms with Crippen LogP contribution < -0.4 is 16.2 Å². The molecule has 1 saturated heterocycles. The molecule has 0 unspecified atom stereocenters. The Labute approximate surface area is 106 Å². The second-order valence-electron chi connectivity index (χ2n) is 4.14. The molecule has 0 radical (unpaired) electrons. The number of nitrogens with two attached hydrogens (primary N) is 1. The minimum absolute atomic E-state index is 0.684. The van der Waals surface area contributed by atoms with Crippen LogP contribution in [-0.4, -0.2) is 29.3 Å². The maximum absolute atomic E-state index is 5.43. The number of aromatic nitrogens is 2. The fraction of sp³-hybridized carbons (Fsp3) is 0.636. The molecule has 1 fully saturated rings. The van der Waals surface area contributed by atoms with Gasteiger partial charge in [-0.15, -0.1) is 0 Å². The number of anilines is 2. The van der Waals surface area contributed by atoms with Crippen molar-refractivity contribution < 1.29 is 0 Å². The Morgan fingerprint density at radius 3 is 2.53 bits per heavy atom. The summed E-state index contributed by atoms with van der Waals surface area (Å²) < 4.78 is 0. The number of hydrogen-bond donors (Lipinski definition) is 2. The second-order valence-corrected chi connectivity index (χ2v) is 4.92. The van der Waals surface area contributed by atoms with E-state index in [0.717, 1.165) is 24.1 Å². The predicted molar refractivity (Wildman–Crippen MR) is 72.3 cm³/mol. The van der Waals surface area contributed by atoms with Crippen molar-refractivity contribution in [3.05, 3.63) is 6.07 Å². The first kappa shape index (κ1) is 12.4. The first-order valence-corrected chi connectivity index (χ1v) is 7.20. The summed E-state index contributed by atoms with van der Waals surface area (Å²) in [6.07, 6.45) is 7.09. The molecule has 17 heavy (non-hydrogen) atoms. The van der Waals surface area contributed by atoms with Gasteiger partial charge in [-0.05, 0) is 19.1 Å². The Morgan fingerprint density at radius 2 is 1.94 bits per heavy atom. The summed E-state index contributed by atoms with van der Waals surface area (Å²) in [5, 5.41) is 0.764. The van der Waals surface area contributed by atoms with E-state index in [0.29, 0.717) is 5.82 Å². The largest absolute Gasteiger partial charge is 0.356 e. The van der Waals surface area contributed by atoms with Crippen LogP contribution in [0.5, 0.6) is 0 Å². The maximum Gasteiger partial charge on any atom is 0.191 e. The highest BCUT2D eigenvalue weighted by molar-refractivity contribution is 7.98. The summed E-state index contributed by atoms with van der Waals surface area (Å²) in [6.45, 7) is 2.16. The van der Waals surface area contributed by atoms with Crippen molar-refractivity contribution in [1.82, 2.24) is 9.97 Å². The normalized spacial score (nSPS) is 16.7. The molecule has 0 aromatic carbocycles. The first-order chi connectivity index (χ1) is 8.33. The van der Waals surface area contributed by atoms with Crippen LogP contribution in [0.2, 0.25) is 0 Å². The van der Waals surface area contributed by atoms with Crippen LogP contribution in [0.4, 0.5) is 11.6 Å². The number of hydrogen-bond acceptors (Lipinski definition) is 6. The van der Waals surface area contributed by atoms with Gasteiger partial charge < -0.3 is 10.3 Å². The Hall–Kier alpha value is -1.01. The third-order valence-electron chi connectivity index (χ3n) is 2.95. The highest BCUT2D eigenvalue weighted by atomic mass is 32.2. The molecule has 6 heteroatoms. The molecule has 1 aliphatic heterocycles. The molecule has 5 nitrogen and oxygen atoms in total. The molecular weight excluding hydrogens is 234 g/mol. The van der Waals surface area contributed by atoms with Gasteiger partial charge in [0.15, 0.2) is 5.16 Å². The van der Waals surface area contributed by atoms with Crippen molar-refractivity contribution in [3.8, 4) is 0 Å². The lowest BCUT2D eigenvalue weighted by Crippen LogP contribution is -2.25. The van der Waals surface area contributed by atoms with Gasteiger partial charge in [0.05, 0.1) is 0 Å². The van der Waals surface area contributed by atoms with Gasteiger partial charge in [0.1, 0.15) is 11.6 Å². The van der Waals surface area contributed by atoms with Gasteiger partial charge in [0, 0.05) is 19.2 Å². The van der Waals surface area contributed by atoms with Crippen molar-refractivity contribution in [3.63, 3.8) is 0 Å². The molecule has 94 valence electrons. The first-order valence-electron chi connectivity index (χ1n) is 5.98. The van der Waals surface area contributed by atoms with E-state index in [1.54, 1.807) is 0 Å². The zero-order valence-corrected chi connectivity index (χ0v) is 11.0. The summed E-state index contributed by atoms with van der Waals surface area (Å²) >= 11 is 1.54. The minimum Gasteiger partial charge on any atom is -0.356 e. The zero-order chi connectivity index (χ0) is 12.1. The average molecular weight is 253 g/mol. The number of thioether (sulfide) groups is 1. The van der Waals surface area contributed by atoms with E-state index in [2.05, 4.69) is 20.3 Å². The van der Waals surface area contributed by atoms with E-state index in [4.69, 9.17) is 5.84 Å². The molecule has 1 aromatic rings. The third-order valence-corrected chi connectivity index (χ3v) is 3.50. The van der Waals surface area contributed by atoms with Crippen molar-refractivity contribution in [1.29, 1.82) is 0 Å². The van der Waals surface area contributed by atoms with Crippen LogP contribution in [0, 0.1) is 0 Å². The standard InChI is InChI=1S/C11H19N5S/c1-17-11-13-9(15-12)8-10(14-11)16-6-4-2-3-5-7-16/h8H,2-7,12H2,1H3,(H,13,14,15). The number of nitrogen functional groups attached to an aromatic ring is 1. The molecule has 0 amide bonds. The fourth-order valence-electron chi connectivity index (χ4n) is 2.04. The number of nitrogens with one attached hydrogen (secondary N) is 1. The van der Waals surface area contributed by atoms with Crippen LogP contribution in [0.15, 0.2) is 11.2 Å². The molecule has 0 bridgehead atoms. The monoisotopic (exact) mass is 253 g/mol. The van der Waals surface area contributed by atoms with E-state index in [9.17, 15) is 0 Å². The van der Waals surface area contributed by atoms with E-state index in [1.807, 2.05) is 12.3 Å². The minimum atomic E-state index is 0.684. The fourth-order valence-corrected chi connectivity index (χ4v) is 2.41. The van der Waals surface area contributed by atoms with Crippen molar-refractivity contribution in [2.75, 3.05) is 29.7 Å². The molecule has 2 rings (SSSR count). The zero-order valence-electron chi connectivity index (χ0n) is 10.1. The molecule has 2 heterocycles. The van der Waals surface area contributed by atoms with Crippen molar-refractivity contribution >= 4 is 23.4 Å². The quantitative estimate of drug-likeness (QED) is 0.371. The lowest BCUT2D eigenvalue weighted by molar-refractivity contribution is 0.726. The van der Waals surface area contributed by atoms with Gasteiger partial charge in [-0.3, -0.25) is 0 Å². The van der Waals surface area contributed by atoms with Gasteiger partial charge in [0.25, 0.3) is 0 Å². The summed E-state index contributed by atoms with van der Waals surface area (Å²) in [4.78, 5) is 11.2. The predicted octanol–water partition coefficient (Wildman–Crippen LogP) is 1.86. The smallest absolute Gasteiger partial charge is 0.191 e. The van der Waals surface area contributed by atoms with Crippen LogP contribution in [-0.2, 0) is 0 Å². The van der Waals surface area contributed by atoms with Gasteiger partial charge in [-0.1, -0.05) is 24.6 Å². The molecule has 0 atom stereocenters. The Kier molecular flexibility index (Phi) is 4.44. The highest BCUT2D eigenvalue weighted by Gasteiger charge is 2.13. The summed E-state index contributed by atoms with van der Waals surface area (Å²) in [6, 6.07) is 1.92. The number of hydrazine groups is 1. The lowest BCUT2D eigenvalue weighted by atomic mass is 10.2. The SMILES string of the molecule is CSc1nc(NN)cc(N2CCCCCC2)n1. The van der Waals surface area contributed by atoms with Crippen LogP contribution in [0.3, 0.4) is 0 Å². The highest BCUT2D eigenvalue weighted by Crippen LogP contribution is 2.22. The molecular formula is C11H19N5S. The topological polar surface area (TPSA) is 67.1 Å². The summed E-state index contributed by atoms with van der Waals surface area (Å²) in [7, 11) is 0. The third kappa shape index (κ3) is 3.23. The van der Waals surface area contributed by atoms with E-state index in [1.165, 1.54) is 37.4 Å². The molecule has 0 saturated carbocycles. The van der Waals surface area contributed by atoms with Crippen LogP contribution >= 0.6 is 11.8 Å². The molecule has 0 spiro atoms. The average Bonchev–Trinajstić information content (AvgIpc) is 2.67. The number of rotatable bonds is 3. The van der Waals surface area contributed by atoms with E-state index < -0.39 is 0 Å². The molecule has 1 aromatic heterocycles. The molecule has 3 N–H and O–H groups in total.